The van der Waals surface area contributed by atoms with Crippen LogP contribution in [0.4, 0.5) is 11.5 Å². The SMILES string of the molecule is CN1c2ncccc2C(C)(C)C12C=Nc1ccccc1O2. The van der Waals surface area contributed by atoms with Crippen LogP contribution < -0.4 is 9.64 Å². The van der Waals surface area contributed by atoms with Crippen LogP contribution in [-0.4, -0.2) is 24.0 Å². The Hall–Kier alpha value is -2.36. The zero-order valence-electron chi connectivity index (χ0n) is 12.4. The second-order valence-corrected chi connectivity index (χ2v) is 6.08. The van der Waals surface area contributed by atoms with Crippen LogP contribution in [0, 0.1) is 0 Å². The Labute approximate surface area is 124 Å². The molecular weight excluding hydrogens is 262 g/mol. The normalized spacial score (nSPS) is 24.6. The summed E-state index contributed by atoms with van der Waals surface area (Å²) in [5.41, 5.74) is 1.16. The molecule has 4 rings (SSSR count). The maximum absolute atomic E-state index is 6.43. The van der Waals surface area contributed by atoms with Gasteiger partial charge in [-0.2, -0.15) is 0 Å². The van der Waals surface area contributed by atoms with Crippen molar-refractivity contribution in [3.05, 3.63) is 48.2 Å². The van der Waals surface area contributed by atoms with Crippen molar-refractivity contribution < 1.29 is 4.74 Å². The lowest BCUT2D eigenvalue weighted by atomic mass is 9.78. The minimum absolute atomic E-state index is 0.248. The van der Waals surface area contributed by atoms with Gasteiger partial charge in [0, 0.05) is 18.8 Å². The van der Waals surface area contributed by atoms with E-state index in [9.17, 15) is 0 Å². The quantitative estimate of drug-likeness (QED) is 0.742. The number of anilines is 1. The second-order valence-electron chi connectivity index (χ2n) is 6.08. The van der Waals surface area contributed by atoms with Crippen molar-refractivity contribution in [2.45, 2.75) is 25.0 Å². The largest absolute Gasteiger partial charge is 0.459 e. The summed E-state index contributed by atoms with van der Waals surface area (Å²) in [6.07, 6.45) is 3.73. The summed E-state index contributed by atoms with van der Waals surface area (Å²) in [6, 6.07) is 12.0. The minimum atomic E-state index is -0.641. The van der Waals surface area contributed by atoms with Gasteiger partial charge in [-0.3, -0.25) is 4.99 Å². The Bertz CT molecular complexity index is 753. The van der Waals surface area contributed by atoms with E-state index in [1.165, 1.54) is 5.56 Å². The smallest absolute Gasteiger partial charge is 0.229 e. The van der Waals surface area contributed by atoms with Crippen LogP contribution in [0.2, 0.25) is 0 Å². The van der Waals surface area contributed by atoms with Gasteiger partial charge in [0.1, 0.15) is 17.3 Å². The standard InChI is InChI=1S/C17H17N3O/c1-16(2)12-7-6-10-18-15(12)20(3)17(16)11-19-13-8-4-5-9-14(13)21-17/h4-11H,1-3H3. The predicted molar refractivity (Wildman–Crippen MR) is 83.6 cm³/mol. The summed E-state index contributed by atoms with van der Waals surface area (Å²) in [7, 11) is 2.01. The molecule has 1 aromatic heterocycles. The fraction of sp³-hybridized carbons (Fsp3) is 0.294. The van der Waals surface area contributed by atoms with E-state index >= 15 is 0 Å². The summed E-state index contributed by atoms with van der Waals surface area (Å²) in [5.74, 6) is 1.76. The van der Waals surface area contributed by atoms with Gasteiger partial charge in [0.15, 0.2) is 0 Å². The van der Waals surface area contributed by atoms with Gasteiger partial charge in [0.2, 0.25) is 5.72 Å². The highest BCUT2D eigenvalue weighted by molar-refractivity contribution is 5.86. The Morgan fingerprint density at radius 2 is 1.90 bits per heavy atom. The van der Waals surface area contributed by atoms with Gasteiger partial charge in [0.05, 0.1) is 11.6 Å². The van der Waals surface area contributed by atoms with E-state index in [0.29, 0.717) is 0 Å². The molecular formula is C17H17N3O. The molecule has 1 unspecified atom stereocenters. The maximum atomic E-state index is 6.43. The van der Waals surface area contributed by atoms with Crippen molar-refractivity contribution in [2.75, 3.05) is 11.9 Å². The van der Waals surface area contributed by atoms with E-state index in [1.54, 1.807) is 0 Å². The summed E-state index contributed by atoms with van der Waals surface area (Å²) in [6.45, 7) is 4.36. The van der Waals surface area contributed by atoms with Crippen LogP contribution in [0.15, 0.2) is 47.6 Å². The Balaban J connectivity index is 1.92. The zero-order valence-corrected chi connectivity index (χ0v) is 12.4. The third kappa shape index (κ3) is 1.39. The van der Waals surface area contributed by atoms with Crippen LogP contribution in [0.5, 0.6) is 5.75 Å². The highest BCUT2D eigenvalue weighted by atomic mass is 16.5. The Morgan fingerprint density at radius 3 is 2.71 bits per heavy atom. The number of hydrogen-bond donors (Lipinski definition) is 0. The first-order chi connectivity index (χ1) is 10.1. The molecule has 1 atom stereocenters. The van der Waals surface area contributed by atoms with Crippen molar-refractivity contribution in [3.8, 4) is 5.75 Å². The van der Waals surface area contributed by atoms with E-state index in [-0.39, 0.29) is 5.41 Å². The third-order valence-corrected chi connectivity index (χ3v) is 4.68. The van der Waals surface area contributed by atoms with Crippen molar-refractivity contribution in [1.29, 1.82) is 0 Å². The summed E-state index contributed by atoms with van der Waals surface area (Å²) >= 11 is 0. The molecule has 106 valence electrons. The molecule has 0 fully saturated rings. The number of ether oxygens (including phenoxy) is 1. The molecule has 0 amide bonds. The third-order valence-electron chi connectivity index (χ3n) is 4.68. The molecule has 0 saturated heterocycles. The molecule has 4 heteroatoms. The highest BCUT2D eigenvalue weighted by Crippen LogP contribution is 2.52. The van der Waals surface area contributed by atoms with Gasteiger partial charge in [-0.05, 0) is 32.0 Å². The molecule has 1 aromatic carbocycles. The van der Waals surface area contributed by atoms with Crippen LogP contribution in [0.3, 0.4) is 0 Å². The van der Waals surface area contributed by atoms with Gasteiger partial charge >= 0.3 is 0 Å². The van der Waals surface area contributed by atoms with Gasteiger partial charge in [-0.25, -0.2) is 4.98 Å². The number of rotatable bonds is 0. The number of hydrogen-bond acceptors (Lipinski definition) is 4. The number of nitrogens with zero attached hydrogens (tertiary/aromatic N) is 3. The average molecular weight is 279 g/mol. The monoisotopic (exact) mass is 279 g/mol. The molecule has 0 N–H and O–H groups in total. The number of fused-ring (bicyclic) bond motifs is 2. The van der Waals surface area contributed by atoms with Crippen molar-refractivity contribution in [1.82, 2.24) is 4.98 Å². The molecule has 4 nitrogen and oxygen atoms in total. The molecule has 0 aliphatic carbocycles. The molecule has 2 aliphatic heterocycles. The Morgan fingerprint density at radius 1 is 1.10 bits per heavy atom. The first-order valence-corrected chi connectivity index (χ1v) is 7.09. The molecule has 3 heterocycles. The van der Waals surface area contributed by atoms with Crippen molar-refractivity contribution >= 4 is 17.7 Å². The van der Waals surface area contributed by atoms with E-state index < -0.39 is 5.72 Å². The van der Waals surface area contributed by atoms with E-state index in [4.69, 9.17) is 4.74 Å². The van der Waals surface area contributed by atoms with Gasteiger partial charge in [-0.1, -0.05) is 18.2 Å². The van der Waals surface area contributed by atoms with E-state index in [1.807, 2.05) is 49.8 Å². The maximum Gasteiger partial charge on any atom is 0.229 e. The van der Waals surface area contributed by atoms with E-state index in [0.717, 1.165) is 17.3 Å². The number of para-hydroxylation sites is 2. The predicted octanol–water partition coefficient (Wildman–Crippen LogP) is 3.30. The van der Waals surface area contributed by atoms with Gasteiger partial charge < -0.3 is 9.64 Å². The molecule has 0 saturated carbocycles. The second kappa shape index (κ2) is 3.85. The van der Waals surface area contributed by atoms with Gasteiger partial charge in [-0.15, -0.1) is 0 Å². The fourth-order valence-corrected chi connectivity index (χ4v) is 3.37. The first kappa shape index (κ1) is 12.4. The topological polar surface area (TPSA) is 37.7 Å². The van der Waals surface area contributed by atoms with Crippen LogP contribution in [-0.2, 0) is 5.41 Å². The number of benzene rings is 1. The summed E-state index contributed by atoms with van der Waals surface area (Å²) in [4.78, 5) is 11.2. The lowest BCUT2D eigenvalue weighted by Crippen LogP contribution is -2.61. The first-order valence-electron chi connectivity index (χ1n) is 7.09. The van der Waals surface area contributed by atoms with Crippen LogP contribution >= 0.6 is 0 Å². The molecule has 2 aliphatic rings. The minimum Gasteiger partial charge on any atom is -0.459 e. The molecule has 1 spiro atoms. The van der Waals surface area contributed by atoms with Crippen molar-refractivity contribution in [2.24, 2.45) is 4.99 Å². The number of aromatic nitrogens is 1. The zero-order chi connectivity index (χ0) is 14.7. The van der Waals surface area contributed by atoms with E-state index in [2.05, 4.69) is 34.8 Å². The number of pyridine rings is 1. The highest BCUT2D eigenvalue weighted by Gasteiger charge is 2.59. The van der Waals surface area contributed by atoms with Crippen LogP contribution in [0.1, 0.15) is 19.4 Å². The lowest BCUT2D eigenvalue weighted by Gasteiger charge is -2.44. The average Bonchev–Trinajstić information content (AvgIpc) is 2.67. The number of likely N-dealkylation sites (N-methyl/N-ethyl adjacent to an activating group) is 1. The summed E-state index contributed by atoms with van der Waals surface area (Å²) in [5, 5.41) is 0. The Kier molecular flexibility index (Phi) is 2.27. The molecule has 2 aromatic rings. The lowest BCUT2D eigenvalue weighted by molar-refractivity contribution is 0.0823. The fourth-order valence-electron chi connectivity index (χ4n) is 3.37. The van der Waals surface area contributed by atoms with Gasteiger partial charge in [0.25, 0.3) is 0 Å². The van der Waals surface area contributed by atoms with Crippen LogP contribution in [0.25, 0.3) is 0 Å². The van der Waals surface area contributed by atoms with Crippen molar-refractivity contribution in [3.63, 3.8) is 0 Å². The molecule has 21 heavy (non-hydrogen) atoms. The number of aliphatic imine (C=N–C) groups is 1. The molecule has 0 bridgehead atoms. The molecule has 0 radical (unpaired) electrons. The summed E-state index contributed by atoms with van der Waals surface area (Å²) < 4.78 is 6.43.